The number of carbonyl (C=O) groups is 5. The minimum absolute atomic E-state index is 0.0109. The summed E-state index contributed by atoms with van der Waals surface area (Å²) in [5, 5.41) is 0. The van der Waals surface area contributed by atoms with Gasteiger partial charge < -0.3 is 47.4 Å². The lowest BCUT2D eigenvalue weighted by Crippen LogP contribution is -2.46. The van der Waals surface area contributed by atoms with Crippen LogP contribution in [0.5, 0.6) is 57.5 Å². The fourth-order valence-electron chi connectivity index (χ4n) is 14.6. The monoisotopic (exact) mass is 1680 g/mol. The molecule has 15 rings (SSSR count). The van der Waals surface area contributed by atoms with Crippen LogP contribution >= 0.6 is 0 Å². The predicted octanol–water partition coefficient (Wildman–Crippen LogP) is 17.4. The van der Waals surface area contributed by atoms with Gasteiger partial charge in [-0.05, 0) is 210 Å². The molecule has 20 heteroatoms. The van der Waals surface area contributed by atoms with Crippen LogP contribution in [0.3, 0.4) is 0 Å². The number of hydrogen-bond donors (Lipinski definition) is 0. The van der Waals surface area contributed by atoms with Gasteiger partial charge in [0, 0.05) is 217 Å². The van der Waals surface area contributed by atoms with Crippen LogP contribution in [0.15, 0.2) is 60.4 Å². The summed E-state index contributed by atoms with van der Waals surface area (Å²) in [5.41, 5.74) is -1.27. The number of piperidine rings is 5. The zero-order valence-corrected chi connectivity index (χ0v) is 69.2. The molecule has 13 atom stereocenters. The fourth-order valence-corrected chi connectivity index (χ4v) is 14.6. The van der Waals surface area contributed by atoms with Crippen molar-refractivity contribution >= 4 is 28.9 Å². The van der Waals surface area contributed by atoms with Crippen LogP contribution in [0, 0.1) is 59.1 Å². The summed E-state index contributed by atoms with van der Waals surface area (Å²) in [6, 6.07) is -12.7. The molecule has 10 heterocycles. The van der Waals surface area contributed by atoms with Gasteiger partial charge in [-0.1, -0.05) is 88.1 Å². The molecule has 5 saturated heterocycles. The number of fused-ring (bicyclic) bond motifs is 15. The van der Waals surface area contributed by atoms with E-state index in [9.17, 15) is 25.3 Å². The predicted molar refractivity (Wildman–Crippen MR) is 465 cm³/mol. The average Bonchev–Trinajstić information content (AvgIpc) is 0.660. The number of methoxy groups -OCH3 is 10. The molecule has 0 aliphatic carbocycles. The van der Waals surface area contributed by atoms with Gasteiger partial charge in [-0.3, -0.25) is 48.5 Å². The number of benzene rings is 5. The Morgan fingerprint density at radius 3 is 1.10 bits per heavy atom. The van der Waals surface area contributed by atoms with Crippen molar-refractivity contribution in [1.82, 2.24) is 24.5 Å². The zero-order chi connectivity index (χ0) is 134. The van der Waals surface area contributed by atoms with E-state index in [1.54, 1.807) is 13.8 Å². The maximum Gasteiger partial charge on any atom is 0.161 e. The average molecular weight is 1690 g/mol. The first-order valence-electron chi connectivity index (χ1n) is 66.2. The summed E-state index contributed by atoms with van der Waals surface area (Å²) in [4.78, 5) is 71.5. The van der Waals surface area contributed by atoms with E-state index in [1.807, 2.05) is 13.8 Å². The van der Waals surface area contributed by atoms with Crippen LogP contribution in [-0.2, 0) is 56.0 Å². The van der Waals surface area contributed by atoms with E-state index < -0.39 is 296 Å². The van der Waals surface area contributed by atoms with Crippen LogP contribution in [0.4, 0.5) is 0 Å². The Labute approximate surface area is 784 Å². The Balaban J connectivity index is 0.000000204. The number of rotatable bonds is 23. The van der Waals surface area contributed by atoms with Crippen LogP contribution in [-0.4, -0.2) is 190 Å². The molecular weight excluding hydrogens is 1490 g/mol. The normalized spacial score (nSPS) is 39.8. The summed E-state index contributed by atoms with van der Waals surface area (Å²) in [5.74, 6) is -29.4. The summed E-state index contributed by atoms with van der Waals surface area (Å²) in [6.45, 7) is -18.1. The maximum absolute atomic E-state index is 13.8. The second-order valence-corrected chi connectivity index (χ2v) is 28.8. The summed E-state index contributed by atoms with van der Waals surface area (Å²) >= 11 is 0. The van der Waals surface area contributed by atoms with Gasteiger partial charge in [-0.2, -0.15) is 0 Å². The standard InChI is InChI=1S/3C20H29NO3.2C19H27NO3/c3*1-5-13(2)8-15-12-21-7-6-14-9-19(23-3)20(24-4)10-16(14)17(21)11-18(15)22;2*1-12(2)7-14-11-20-6-5-13-8-18(22-3)19(23-4)9-15(13)16(20)10-17(14)21/h3*9-10,13,15,17H,5-8,11-12H2,1-4H3;2*8-9,12,14,16H,5-7,10-11H2,1-4H3/i2D3,5D2,8D2,9D,10D,11D2,12D2,13D,15D;2D3,5D2,6D2,7D2,8D2,9D,10D,13D,17D;2D3,5D2,8D2,9D,10D,12D2,13D;8D,9D,10D2,11D2,14D;5D2,6D2,8D,9D,16D. The van der Waals surface area contributed by atoms with E-state index in [4.69, 9.17) is 123 Å². The molecule has 20 nitrogen and oxygen atoms in total. The summed E-state index contributed by atoms with van der Waals surface area (Å²) in [6.07, 6.45) is -33.8. The molecule has 0 aromatic heterocycles. The molecule has 0 saturated carbocycles. The zero-order valence-electron chi connectivity index (χ0n) is 125. The number of nitrogens with zero attached hydrogens (tertiary/aromatic N) is 5. The van der Waals surface area contributed by atoms with E-state index in [-0.39, 0.29) is 179 Å². The molecule has 5 fully saturated rings. The maximum atomic E-state index is 13.8. The number of hydrogen-bond acceptors (Lipinski definition) is 20. The molecule has 5 aromatic rings. The smallest absolute Gasteiger partial charge is 0.161 e. The van der Waals surface area contributed by atoms with Crippen molar-refractivity contribution in [3.8, 4) is 57.5 Å². The molecule has 0 bridgehead atoms. The Hall–Kier alpha value is -7.75. The lowest BCUT2D eigenvalue weighted by Gasteiger charge is -2.43. The van der Waals surface area contributed by atoms with Crippen LogP contribution in [0.25, 0.3) is 0 Å². The Morgan fingerprint density at radius 2 is 0.712 bits per heavy atom. The van der Waals surface area contributed by atoms with Gasteiger partial charge in [0.2, 0.25) is 0 Å². The molecule has 0 N–H and O–H groups in total. The lowest BCUT2D eigenvalue weighted by atomic mass is 9.79. The first-order valence-corrected chi connectivity index (χ1v) is 38.2. The van der Waals surface area contributed by atoms with E-state index in [0.717, 1.165) is 38.1 Å². The van der Waals surface area contributed by atoms with Gasteiger partial charge in [0.05, 0.1) is 87.5 Å². The van der Waals surface area contributed by atoms with Crippen LogP contribution in [0.2, 0.25) is 0 Å². The molecule has 118 heavy (non-hydrogen) atoms. The molecule has 10 aliphatic rings. The highest BCUT2D eigenvalue weighted by molar-refractivity contribution is 5.86. The van der Waals surface area contributed by atoms with Gasteiger partial charge in [0.1, 0.15) is 28.9 Å². The minimum atomic E-state index is -4.13. The van der Waals surface area contributed by atoms with Crippen molar-refractivity contribution in [3.63, 3.8) is 0 Å². The molecular formula is C98H141N5O15. The van der Waals surface area contributed by atoms with Gasteiger partial charge in [-0.25, -0.2) is 0 Å². The van der Waals surface area contributed by atoms with E-state index in [1.165, 1.54) is 54.7 Å². The van der Waals surface area contributed by atoms with Crippen molar-refractivity contribution < 1.29 is 148 Å². The van der Waals surface area contributed by atoms with E-state index >= 15 is 0 Å². The van der Waals surface area contributed by atoms with Crippen molar-refractivity contribution in [1.29, 1.82) is 0 Å². The number of Topliss-reactive ketones (excluding diaryl/α,β-unsaturated/α-hetero) is 5. The van der Waals surface area contributed by atoms with Gasteiger partial charge >= 0.3 is 0 Å². The third kappa shape index (κ3) is 21.0. The van der Waals surface area contributed by atoms with Crippen molar-refractivity contribution in [2.75, 3.05) is 136 Å². The fraction of sp³-hybridized carbons (Fsp3) is 0.643. The van der Waals surface area contributed by atoms with Crippen molar-refractivity contribution in [2.45, 2.75) is 214 Å². The SMILES string of the molecule is [2H]c1c(OC)c(OC)c([2H])c2c1C1([2H])CC(=O)C(C([2H])([2H])C([2H])(C([2H])([2H])[2H])C([2H])([2H])C)CN1C([2H])([2H])C2([2H])[2H].[2H]c1c(OC)c(OC)c([2H])c2c1C1([2H])CC(=O)C(CC(C)C)CN1C([2H])([2H])C2([2H])[2H].[2H]c1c2c(c([2H])c(OC)c1OC)C1CC(=O)C(C([2H])([2H])C([2H])(C([2H])([2H])[2H])C([2H])([2H])C)C([2H])([2H])N1CC2.[2H]c1c2c(c([2H])c(OC)c1OC)C1N(CC2)C([2H])([2H])C([2H])(C([2H])([2H])C([2H])(C([2H])([2H])[2H])C([2H])([2H])C)C(=O)C1([2H])[2H].[2H]c1c2c(c([2H])c(OC)c1OC)C1N(CC2)C([2H])([2H])C([2H])(CC(C)C)C(=O)C1([2H])[2H]. The lowest BCUT2D eigenvalue weighted by molar-refractivity contribution is -0.130. The minimum Gasteiger partial charge on any atom is -0.493 e. The summed E-state index contributed by atoms with van der Waals surface area (Å²) in [7, 11) is 12.4. The van der Waals surface area contributed by atoms with Gasteiger partial charge in [0.15, 0.2) is 57.5 Å². The number of ether oxygens (including phenoxy) is 10. The largest absolute Gasteiger partial charge is 0.493 e. The Morgan fingerprint density at radius 1 is 0.390 bits per heavy atom. The molecule has 0 amide bonds. The van der Waals surface area contributed by atoms with Crippen molar-refractivity contribution in [2.24, 2.45) is 59.1 Å². The Bertz CT molecular complexity index is 7090. The van der Waals surface area contributed by atoms with Crippen LogP contribution < -0.4 is 47.4 Å². The van der Waals surface area contributed by atoms with Gasteiger partial charge in [-0.15, -0.1) is 0 Å². The molecule has 10 aliphatic heterocycles. The van der Waals surface area contributed by atoms with Crippen molar-refractivity contribution in [3.05, 3.63) is 116 Å². The first-order chi connectivity index (χ1) is 78.4. The Kier molecular flexibility index (Phi) is 15.0. The van der Waals surface area contributed by atoms with E-state index in [0.29, 0.717) is 41.2 Å². The van der Waals surface area contributed by atoms with Gasteiger partial charge in [0.25, 0.3) is 0 Å². The molecule has 13 unspecified atom stereocenters. The topological polar surface area (TPSA) is 194 Å². The van der Waals surface area contributed by atoms with E-state index in [2.05, 4.69) is 0 Å². The highest BCUT2D eigenvalue weighted by Crippen LogP contribution is 2.49. The highest BCUT2D eigenvalue weighted by Gasteiger charge is 2.45. The third-order valence-electron chi connectivity index (χ3n) is 20.4. The number of ketones is 5. The second kappa shape index (κ2) is 41.7. The quantitative estimate of drug-likeness (QED) is 0.0598. The van der Waals surface area contributed by atoms with Crippen LogP contribution in [0.1, 0.15) is 315 Å². The summed E-state index contributed by atoms with van der Waals surface area (Å²) < 4.78 is 525. The highest BCUT2D eigenvalue weighted by atomic mass is 16.5. The first kappa shape index (κ1) is 42.4. The number of carbonyl (C=O) groups excluding carboxylic acids is 5. The molecule has 648 valence electrons. The third-order valence-corrected chi connectivity index (χ3v) is 20.4. The molecule has 5 aromatic carbocycles. The molecule has 0 radical (unpaired) electrons. The second-order valence-electron chi connectivity index (χ2n) is 28.8. The molecule has 0 spiro atoms.